The van der Waals surface area contributed by atoms with Gasteiger partial charge in [-0.2, -0.15) is 0 Å². The normalized spacial score (nSPS) is 19.5. The largest absolute Gasteiger partial charge is 0.463 e. The van der Waals surface area contributed by atoms with E-state index in [0.717, 1.165) is 5.56 Å². The maximum atomic E-state index is 12.3. The Bertz CT molecular complexity index is 672. The van der Waals surface area contributed by atoms with E-state index in [1.807, 2.05) is 18.2 Å². The van der Waals surface area contributed by atoms with Crippen molar-refractivity contribution in [3.8, 4) is 11.5 Å². The zero-order valence-corrected chi connectivity index (χ0v) is 13.1. The van der Waals surface area contributed by atoms with Crippen LogP contribution in [0.4, 0.5) is 0 Å². The fourth-order valence-electron chi connectivity index (χ4n) is 2.52. The molecule has 0 saturated carbocycles. The molecule has 0 bridgehead atoms. The molecule has 2 aliphatic heterocycles. The monoisotopic (exact) mass is 320 g/mol. The van der Waals surface area contributed by atoms with Gasteiger partial charge in [-0.3, -0.25) is 0 Å². The molecule has 1 aromatic rings. The average Bonchev–Trinajstić information content (AvgIpc) is 2.93. The molecule has 0 aliphatic carbocycles. The summed E-state index contributed by atoms with van der Waals surface area (Å²) in [5, 5.41) is 6.54. The number of nitrogens with one attached hydrogen (secondary N) is 2. The first-order valence-corrected chi connectivity index (χ1v) is 7.36. The number of hydrogen-bond donors (Lipinski definition) is 2. The molecule has 7 heteroatoms. The maximum Gasteiger partial charge on any atom is 0.338 e. The van der Waals surface area contributed by atoms with Crippen molar-refractivity contribution in [3.63, 3.8) is 0 Å². The molecule has 2 heterocycles. The van der Waals surface area contributed by atoms with Crippen molar-refractivity contribution in [2.75, 3.05) is 13.4 Å². The number of carbonyl (C=O) groups is 1. The van der Waals surface area contributed by atoms with Gasteiger partial charge in [0, 0.05) is 5.70 Å². The summed E-state index contributed by atoms with van der Waals surface area (Å²) in [7, 11) is 0. The van der Waals surface area contributed by atoms with Crippen LogP contribution in [-0.4, -0.2) is 24.5 Å². The molecule has 1 aromatic carbocycles. The van der Waals surface area contributed by atoms with Crippen LogP contribution in [0.5, 0.6) is 11.5 Å². The summed E-state index contributed by atoms with van der Waals surface area (Å²) in [4.78, 5) is 12.3. The molecule has 0 amide bonds. The van der Waals surface area contributed by atoms with Crippen LogP contribution in [0.15, 0.2) is 29.5 Å². The zero-order valence-electron chi connectivity index (χ0n) is 12.3. The molecule has 22 heavy (non-hydrogen) atoms. The molecule has 2 N–H and O–H groups in total. The van der Waals surface area contributed by atoms with Gasteiger partial charge in [0.05, 0.1) is 18.2 Å². The van der Waals surface area contributed by atoms with Crippen molar-refractivity contribution in [2.24, 2.45) is 0 Å². The first kappa shape index (κ1) is 14.6. The molecular weight excluding hydrogens is 304 g/mol. The summed E-state index contributed by atoms with van der Waals surface area (Å²) >= 11 is 5.20. The van der Waals surface area contributed by atoms with E-state index in [4.69, 9.17) is 26.4 Å². The minimum Gasteiger partial charge on any atom is -0.463 e. The second-order valence-electron chi connectivity index (χ2n) is 4.90. The van der Waals surface area contributed by atoms with Gasteiger partial charge in [0.2, 0.25) is 6.79 Å². The Kier molecular flexibility index (Phi) is 3.89. The van der Waals surface area contributed by atoms with E-state index < -0.39 is 0 Å². The van der Waals surface area contributed by atoms with Gasteiger partial charge in [-0.15, -0.1) is 0 Å². The zero-order chi connectivity index (χ0) is 15.7. The van der Waals surface area contributed by atoms with E-state index in [-0.39, 0.29) is 18.8 Å². The van der Waals surface area contributed by atoms with Crippen molar-refractivity contribution in [1.29, 1.82) is 0 Å². The van der Waals surface area contributed by atoms with Crippen LogP contribution in [0.2, 0.25) is 0 Å². The first-order valence-electron chi connectivity index (χ1n) is 6.95. The lowest BCUT2D eigenvalue weighted by atomic mass is 9.95. The molecule has 1 atom stereocenters. The number of fused-ring (bicyclic) bond motifs is 1. The Morgan fingerprint density at radius 2 is 2.18 bits per heavy atom. The van der Waals surface area contributed by atoms with E-state index in [1.54, 1.807) is 13.8 Å². The van der Waals surface area contributed by atoms with E-state index in [9.17, 15) is 4.79 Å². The van der Waals surface area contributed by atoms with Crippen LogP contribution in [0.25, 0.3) is 0 Å². The molecule has 3 rings (SSSR count). The van der Waals surface area contributed by atoms with Gasteiger partial charge in [-0.05, 0) is 43.8 Å². The number of allylic oxidation sites excluding steroid dienone is 1. The second kappa shape index (κ2) is 5.84. The molecule has 0 fully saturated rings. The van der Waals surface area contributed by atoms with Gasteiger partial charge in [0.1, 0.15) is 0 Å². The molecule has 1 unspecified atom stereocenters. The van der Waals surface area contributed by atoms with Gasteiger partial charge >= 0.3 is 5.97 Å². The predicted octanol–water partition coefficient (Wildman–Crippen LogP) is 1.77. The Balaban J connectivity index is 2.00. The molecule has 116 valence electrons. The Hall–Kier alpha value is -2.28. The predicted molar refractivity (Wildman–Crippen MR) is 83.5 cm³/mol. The summed E-state index contributed by atoms with van der Waals surface area (Å²) in [5.74, 6) is 0.980. The fraction of sp³-hybridized carbons (Fsp3) is 0.333. The number of esters is 1. The van der Waals surface area contributed by atoms with Crippen molar-refractivity contribution in [3.05, 3.63) is 35.0 Å². The molecule has 0 radical (unpaired) electrons. The average molecular weight is 320 g/mol. The number of rotatable bonds is 3. The van der Waals surface area contributed by atoms with Crippen molar-refractivity contribution in [1.82, 2.24) is 10.6 Å². The highest BCUT2D eigenvalue weighted by molar-refractivity contribution is 7.80. The quantitative estimate of drug-likeness (QED) is 0.650. The molecule has 0 aromatic heterocycles. The van der Waals surface area contributed by atoms with Crippen LogP contribution in [0.3, 0.4) is 0 Å². The summed E-state index contributed by atoms with van der Waals surface area (Å²) in [6, 6.07) is 5.16. The van der Waals surface area contributed by atoms with Crippen LogP contribution >= 0.6 is 12.2 Å². The Morgan fingerprint density at radius 1 is 1.41 bits per heavy atom. The number of hydrogen-bond acceptors (Lipinski definition) is 5. The van der Waals surface area contributed by atoms with Crippen LogP contribution in [0, 0.1) is 0 Å². The highest BCUT2D eigenvalue weighted by Gasteiger charge is 2.31. The summed E-state index contributed by atoms with van der Waals surface area (Å²) in [6.07, 6.45) is 0. The molecular formula is C15H16N2O4S. The van der Waals surface area contributed by atoms with Crippen molar-refractivity contribution in [2.45, 2.75) is 19.9 Å². The minimum atomic E-state index is -0.387. The third-order valence-corrected chi connectivity index (χ3v) is 3.71. The van der Waals surface area contributed by atoms with Crippen LogP contribution in [-0.2, 0) is 9.53 Å². The highest BCUT2D eigenvalue weighted by atomic mass is 32.1. The highest BCUT2D eigenvalue weighted by Crippen LogP contribution is 2.36. The topological polar surface area (TPSA) is 68.8 Å². The fourth-order valence-corrected chi connectivity index (χ4v) is 2.79. The summed E-state index contributed by atoms with van der Waals surface area (Å²) in [5.41, 5.74) is 2.05. The number of ether oxygens (including phenoxy) is 3. The molecule has 0 saturated heterocycles. The van der Waals surface area contributed by atoms with E-state index in [1.165, 1.54) is 0 Å². The summed E-state index contributed by atoms with van der Waals surface area (Å²) < 4.78 is 15.9. The van der Waals surface area contributed by atoms with E-state index in [0.29, 0.717) is 34.5 Å². The first-order chi connectivity index (χ1) is 10.6. The molecule has 6 nitrogen and oxygen atoms in total. The smallest absolute Gasteiger partial charge is 0.338 e. The maximum absolute atomic E-state index is 12.3. The van der Waals surface area contributed by atoms with Crippen LogP contribution < -0.4 is 20.1 Å². The number of benzene rings is 1. The molecule has 2 aliphatic rings. The van der Waals surface area contributed by atoms with Crippen LogP contribution in [0.1, 0.15) is 25.5 Å². The number of thiocarbonyl (C=S) groups is 1. The lowest BCUT2D eigenvalue weighted by molar-refractivity contribution is -0.139. The minimum absolute atomic E-state index is 0.205. The van der Waals surface area contributed by atoms with Gasteiger partial charge in [-0.1, -0.05) is 6.07 Å². The number of carbonyl (C=O) groups excluding carboxylic acids is 1. The Morgan fingerprint density at radius 3 is 2.95 bits per heavy atom. The SMILES string of the molecule is CCOC(=O)C1=C(C)NC(=S)NC1c1ccc2c(c1)OCO2. The lowest BCUT2D eigenvalue weighted by Crippen LogP contribution is -2.45. The third kappa shape index (κ3) is 2.59. The van der Waals surface area contributed by atoms with Gasteiger partial charge < -0.3 is 24.8 Å². The third-order valence-electron chi connectivity index (χ3n) is 3.49. The molecule has 0 spiro atoms. The van der Waals surface area contributed by atoms with E-state index in [2.05, 4.69) is 10.6 Å². The van der Waals surface area contributed by atoms with E-state index >= 15 is 0 Å². The summed E-state index contributed by atoms with van der Waals surface area (Å²) in [6.45, 7) is 4.10. The standard InChI is InChI=1S/C15H16N2O4S/c1-3-19-14(18)12-8(2)16-15(22)17-13(12)9-4-5-10-11(6-9)21-7-20-10/h4-6,13H,3,7H2,1-2H3,(H2,16,17,22). The van der Waals surface area contributed by atoms with Gasteiger partial charge in [-0.25, -0.2) is 4.79 Å². The Labute approximate surface area is 133 Å². The lowest BCUT2D eigenvalue weighted by Gasteiger charge is -2.29. The van der Waals surface area contributed by atoms with Gasteiger partial charge in [0.15, 0.2) is 16.6 Å². The van der Waals surface area contributed by atoms with Gasteiger partial charge in [0.25, 0.3) is 0 Å². The van der Waals surface area contributed by atoms with Crippen molar-refractivity contribution < 1.29 is 19.0 Å². The second-order valence-corrected chi connectivity index (χ2v) is 5.31. The van der Waals surface area contributed by atoms with Crippen molar-refractivity contribution >= 4 is 23.3 Å².